The van der Waals surface area contributed by atoms with Gasteiger partial charge in [-0.05, 0) is 25.4 Å². The number of aliphatic hydroxyl groups excluding tert-OH is 1. The lowest BCUT2D eigenvalue weighted by Crippen LogP contribution is -2.38. The van der Waals surface area contributed by atoms with E-state index in [1.807, 2.05) is 6.92 Å². The van der Waals surface area contributed by atoms with Gasteiger partial charge in [-0.2, -0.15) is 0 Å². The van der Waals surface area contributed by atoms with Crippen molar-refractivity contribution >= 4 is 28.9 Å². The Balaban J connectivity index is 2.63. The summed E-state index contributed by atoms with van der Waals surface area (Å²) in [5.74, 6) is -0.714. The highest BCUT2D eigenvalue weighted by atomic mass is 32.1. The number of rotatable bonds is 6. The maximum Gasteiger partial charge on any atom is 0.350 e. The van der Waals surface area contributed by atoms with E-state index in [1.54, 1.807) is 23.4 Å². The molecule has 0 bridgehead atoms. The minimum atomic E-state index is -0.470. The van der Waals surface area contributed by atoms with Crippen molar-refractivity contribution in [2.75, 3.05) is 32.6 Å². The van der Waals surface area contributed by atoms with Crippen molar-refractivity contribution in [3.05, 3.63) is 16.3 Å². The van der Waals surface area contributed by atoms with Crippen LogP contribution in [-0.2, 0) is 9.53 Å². The minimum Gasteiger partial charge on any atom is -0.465 e. The van der Waals surface area contributed by atoms with E-state index in [4.69, 9.17) is 5.11 Å². The molecule has 1 aromatic rings. The third-order valence-corrected chi connectivity index (χ3v) is 3.61. The number of likely N-dealkylation sites (N-methyl/N-ethyl adjacent to an activating group) is 1. The second-order valence-electron chi connectivity index (χ2n) is 4.15. The van der Waals surface area contributed by atoms with Crippen LogP contribution in [0, 0.1) is 0 Å². The molecule has 106 valence electrons. The van der Waals surface area contributed by atoms with Crippen LogP contribution in [0.5, 0.6) is 0 Å². The van der Waals surface area contributed by atoms with E-state index in [1.165, 1.54) is 18.4 Å². The fourth-order valence-electron chi connectivity index (χ4n) is 1.37. The van der Waals surface area contributed by atoms with E-state index in [2.05, 4.69) is 10.1 Å². The highest BCUT2D eigenvalue weighted by molar-refractivity contribution is 7.12. The minimum absolute atomic E-state index is 0.0182. The van der Waals surface area contributed by atoms with E-state index in [-0.39, 0.29) is 25.1 Å². The molecular formula is C12H18N2O4S. The smallest absolute Gasteiger partial charge is 0.350 e. The first kappa shape index (κ1) is 15.6. The Morgan fingerprint density at radius 1 is 1.58 bits per heavy atom. The molecule has 0 spiro atoms. The van der Waals surface area contributed by atoms with Crippen molar-refractivity contribution < 1.29 is 19.4 Å². The largest absolute Gasteiger partial charge is 0.465 e. The summed E-state index contributed by atoms with van der Waals surface area (Å²) in [7, 11) is 3.04. The number of nitrogens with zero attached hydrogens (tertiary/aromatic N) is 1. The Morgan fingerprint density at radius 2 is 2.26 bits per heavy atom. The topological polar surface area (TPSA) is 78.9 Å². The van der Waals surface area contributed by atoms with E-state index >= 15 is 0 Å². The normalized spacial score (nSPS) is 12.3. The van der Waals surface area contributed by atoms with Crippen molar-refractivity contribution in [1.82, 2.24) is 4.90 Å². The first-order valence-corrected chi connectivity index (χ1v) is 6.64. The predicted molar refractivity (Wildman–Crippen MR) is 73.5 cm³/mol. The predicted octanol–water partition coefficient (Wildman–Crippen LogP) is 0.786. The van der Waals surface area contributed by atoms with Gasteiger partial charge >= 0.3 is 5.97 Å². The van der Waals surface area contributed by atoms with Crippen LogP contribution in [0.2, 0.25) is 0 Å². The third kappa shape index (κ3) is 4.30. The van der Waals surface area contributed by atoms with Crippen molar-refractivity contribution in [1.29, 1.82) is 0 Å². The Bertz CT molecular complexity index is 447. The van der Waals surface area contributed by atoms with Crippen LogP contribution in [0.1, 0.15) is 16.6 Å². The van der Waals surface area contributed by atoms with Gasteiger partial charge in [0, 0.05) is 6.04 Å². The molecule has 0 aromatic carbocycles. The number of hydrogen-bond donors (Lipinski definition) is 2. The molecule has 0 aliphatic heterocycles. The standard InChI is InChI=1S/C12H18N2O4S/c1-8(7-15)14(2)6-10(16)13-9-4-5-19-11(9)12(17)18-3/h4-5,8,15H,6-7H2,1-3H3,(H,13,16). The van der Waals surface area contributed by atoms with Crippen molar-refractivity contribution in [3.63, 3.8) is 0 Å². The van der Waals surface area contributed by atoms with Gasteiger partial charge in [0.15, 0.2) is 0 Å². The van der Waals surface area contributed by atoms with E-state index in [9.17, 15) is 9.59 Å². The van der Waals surface area contributed by atoms with Gasteiger partial charge in [-0.25, -0.2) is 4.79 Å². The SMILES string of the molecule is COC(=O)c1sccc1NC(=O)CN(C)C(C)CO. The molecule has 1 heterocycles. The molecule has 1 atom stereocenters. The summed E-state index contributed by atoms with van der Waals surface area (Å²) in [5.41, 5.74) is 0.451. The van der Waals surface area contributed by atoms with Gasteiger partial charge in [0.2, 0.25) is 5.91 Å². The molecular weight excluding hydrogens is 268 g/mol. The first-order chi connectivity index (χ1) is 8.99. The molecule has 7 heteroatoms. The summed E-state index contributed by atoms with van der Waals surface area (Å²) < 4.78 is 4.63. The van der Waals surface area contributed by atoms with E-state index < -0.39 is 5.97 Å². The highest BCUT2D eigenvalue weighted by Crippen LogP contribution is 2.23. The van der Waals surface area contributed by atoms with Crippen LogP contribution >= 0.6 is 11.3 Å². The van der Waals surface area contributed by atoms with Gasteiger partial charge in [0.05, 0.1) is 25.9 Å². The maximum atomic E-state index is 11.8. The molecule has 0 fully saturated rings. The Morgan fingerprint density at radius 3 is 2.84 bits per heavy atom. The average molecular weight is 286 g/mol. The number of esters is 1. The maximum absolute atomic E-state index is 11.8. The fourth-order valence-corrected chi connectivity index (χ4v) is 2.14. The number of ether oxygens (including phenoxy) is 1. The van der Waals surface area contributed by atoms with Gasteiger partial charge in [-0.15, -0.1) is 11.3 Å². The summed E-state index contributed by atoms with van der Waals surface area (Å²) in [6.45, 7) is 1.94. The number of thiophene rings is 1. The second-order valence-corrected chi connectivity index (χ2v) is 5.07. The molecule has 1 rings (SSSR count). The van der Waals surface area contributed by atoms with Crippen LogP contribution in [0.3, 0.4) is 0 Å². The lowest BCUT2D eigenvalue weighted by atomic mass is 10.3. The lowest BCUT2D eigenvalue weighted by Gasteiger charge is -2.21. The number of nitrogens with one attached hydrogen (secondary N) is 1. The Kier molecular flexibility index (Phi) is 5.94. The molecule has 1 amide bonds. The van der Waals surface area contributed by atoms with Gasteiger partial charge in [0.1, 0.15) is 4.88 Å². The van der Waals surface area contributed by atoms with Crippen molar-refractivity contribution in [2.45, 2.75) is 13.0 Å². The summed E-state index contributed by atoms with van der Waals surface area (Å²) in [5, 5.41) is 13.4. The molecule has 1 aromatic heterocycles. The van der Waals surface area contributed by atoms with Crippen LogP contribution in [0.4, 0.5) is 5.69 Å². The molecule has 0 radical (unpaired) electrons. The number of carbonyl (C=O) groups excluding carboxylic acids is 2. The van der Waals surface area contributed by atoms with Gasteiger partial charge in [-0.3, -0.25) is 9.69 Å². The van der Waals surface area contributed by atoms with Crippen LogP contribution < -0.4 is 5.32 Å². The van der Waals surface area contributed by atoms with Crippen LogP contribution in [-0.4, -0.2) is 55.2 Å². The quantitative estimate of drug-likeness (QED) is 0.756. The molecule has 1 unspecified atom stereocenters. The number of anilines is 1. The van der Waals surface area contributed by atoms with Crippen molar-refractivity contribution in [3.8, 4) is 0 Å². The van der Waals surface area contributed by atoms with E-state index in [0.717, 1.165) is 0 Å². The number of aliphatic hydroxyl groups is 1. The number of carbonyl (C=O) groups is 2. The highest BCUT2D eigenvalue weighted by Gasteiger charge is 2.17. The summed E-state index contributed by atoms with van der Waals surface area (Å²) >= 11 is 1.21. The third-order valence-electron chi connectivity index (χ3n) is 2.72. The lowest BCUT2D eigenvalue weighted by molar-refractivity contribution is -0.117. The number of amides is 1. The molecule has 0 aliphatic carbocycles. The van der Waals surface area contributed by atoms with Crippen molar-refractivity contribution in [2.24, 2.45) is 0 Å². The summed E-state index contributed by atoms with van der Waals surface area (Å²) in [6.07, 6.45) is 0. The molecule has 6 nitrogen and oxygen atoms in total. The number of hydrogen-bond acceptors (Lipinski definition) is 6. The number of methoxy groups -OCH3 is 1. The van der Waals surface area contributed by atoms with Crippen LogP contribution in [0.25, 0.3) is 0 Å². The second kappa shape index (κ2) is 7.22. The van der Waals surface area contributed by atoms with Gasteiger partial charge < -0.3 is 15.2 Å². The zero-order valence-electron chi connectivity index (χ0n) is 11.2. The summed E-state index contributed by atoms with van der Waals surface area (Å²) in [6, 6.07) is 1.55. The molecule has 0 saturated carbocycles. The average Bonchev–Trinajstić information content (AvgIpc) is 2.84. The Hall–Kier alpha value is -1.44. The van der Waals surface area contributed by atoms with Crippen LogP contribution in [0.15, 0.2) is 11.4 Å². The van der Waals surface area contributed by atoms with Gasteiger partial charge in [-0.1, -0.05) is 0 Å². The molecule has 19 heavy (non-hydrogen) atoms. The molecule has 0 saturated heterocycles. The zero-order valence-corrected chi connectivity index (χ0v) is 12.0. The first-order valence-electron chi connectivity index (χ1n) is 5.76. The zero-order chi connectivity index (χ0) is 14.4. The molecule has 0 aliphatic rings. The monoisotopic (exact) mass is 286 g/mol. The van der Waals surface area contributed by atoms with E-state index in [0.29, 0.717) is 10.6 Å². The van der Waals surface area contributed by atoms with Gasteiger partial charge in [0.25, 0.3) is 0 Å². The summed E-state index contributed by atoms with van der Waals surface area (Å²) in [4.78, 5) is 25.4. The Labute approximate surface area is 116 Å². The fraction of sp³-hybridized carbons (Fsp3) is 0.500. The molecule has 2 N–H and O–H groups in total.